The summed E-state index contributed by atoms with van der Waals surface area (Å²) in [6.07, 6.45) is 3.47. The monoisotopic (exact) mass is 305 g/mol. The van der Waals surface area contributed by atoms with Gasteiger partial charge in [0, 0.05) is 23.6 Å². The molecule has 3 nitrogen and oxygen atoms in total. The Morgan fingerprint density at radius 3 is 2.90 bits per heavy atom. The van der Waals surface area contributed by atoms with E-state index in [9.17, 15) is 4.79 Å². The van der Waals surface area contributed by atoms with Crippen molar-refractivity contribution in [1.82, 2.24) is 5.32 Å². The molecule has 4 heteroatoms. The van der Waals surface area contributed by atoms with E-state index < -0.39 is 0 Å². The summed E-state index contributed by atoms with van der Waals surface area (Å²) in [5, 5.41) is 11.8. The van der Waals surface area contributed by atoms with E-state index in [1.165, 1.54) is 0 Å². The van der Waals surface area contributed by atoms with Gasteiger partial charge in [-0.2, -0.15) is 11.8 Å². The van der Waals surface area contributed by atoms with Crippen LogP contribution in [0.15, 0.2) is 18.2 Å². The van der Waals surface area contributed by atoms with E-state index in [2.05, 4.69) is 23.4 Å². The van der Waals surface area contributed by atoms with E-state index in [1.807, 2.05) is 32.0 Å². The molecule has 0 spiro atoms. The molecule has 0 aliphatic rings. The number of aliphatic hydroxyl groups excluding tert-OH is 1. The molecule has 1 unspecified atom stereocenters. The first kappa shape index (κ1) is 17.6. The molecule has 1 aromatic rings. The van der Waals surface area contributed by atoms with Crippen molar-refractivity contribution in [2.24, 2.45) is 0 Å². The molecular weight excluding hydrogens is 282 g/mol. The summed E-state index contributed by atoms with van der Waals surface area (Å²) in [4.78, 5) is 12.3. The third-order valence-electron chi connectivity index (χ3n) is 3.17. The van der Waals surface area contributed by atoms with Crippen LogP contribution < -0.4 is 5.32 Å². The van der Waals surface area contributed by atoms with Crippen LogP contribution in [0.3, 0.4) is 0 Å². The summed E-state index contributed by atoms with van der Waals surface area (Å²) < 4.78 is 0. The maximum Gasteiger partial charge on any atom is 0.251 e. The van der Waals surface area contributed by atoms with Gasteiger partial charge in [-0.05, 0) is 50.0 Å². The molecular formula is C17H23NO2S. The standard InChI is InChI=1S/C17H23NO2S/c1-13(10-12-21-3)18-17(20)16-9-6-8-15(14(16)2)7-4-5-11-19/h6,8-9,13,19H,5,10-12H2,1-3H3,(H,18,20). The predicted molar refractivity (Wildman–Crippen MR) is 89.7 cm³/mol. The van der Waals surface area contributed by atoms with E-state index in [0.717, 1.165) is 23.3 Å². The quantitative estimate of drug-likeness (QED) is 0.794. The molecule has 1 rings (SSSR count). The maximum absolute atomic E-state index is 12.3. The fourth-order valence-electron chi connectivity index (χ4n) is 1.90. The number of nitrogens with one attached hydrogen (secondary N) is 1. The lowest BCUT2D eigenvalue weighted by atomic mass is 10.0. The van der Waals surface area contributed by atoms with Crippen LogP contribution in [0.5, 0.6) is 0 Å². The van der Waals surface area contributed by atoms with Gasteiger partial charge in [0.25, 0.3) is 5.91 Å². The second kappa shape index (κ2) is 9.49. The van der Waals surface area contributed by atoms with Gasteiger partial charge >= 0.3 is 0 Å². The summed E-state index contributed by atoms with van der Waals surface area (Å²) in [5.41, 5.74) is 2.40. The van der Waals surface area contributed by atoms with E-state index in [-0.39, 0.29) is 18.6 Å². The van der Waals surface area contributed by atoms with Crippen LogP contribution in [0.1, 0.15) is 41.3 Å². The lowest BCUT2D eigenvalue weighted by molar-refractivity contribution is 0.0939. The largest absolute Gasteiger partial charge is 0.395 e. The molecule has 1 aromatic carbocycles. The SMILES string of the molecule is CSCCC(C)NC(=O)c1cccc(C#CCCO)c1C. The minimum absolute atomic E-state index is 0.0492. The zero-order chi connectivity index (χ0) is 15.7. The smallest absolute Gasteiger partial charge is 0.251 e. The van der Waals surface area contributed by atoms with E-state index in [0.29, 0.717) is 12.0 Å². The molecule has 0 saturated carbocycles. The number of aliphatic hydroxyl groups is 1. The number of rotatable bonds is 6. The number of benzene rings is 1. The Hall–Kier alpha value is -1.44. The summed E-state index contributed by atoms with van der Waals surface area (Å²) in [6.45, 7) is 3.98. The fraction of sp³-hybridized carbons (Fsp3) is 0.471. The van der Waals surface area contributed by atoms with Gasteiger partial charge in [-0.3, -0.25) is 4.79 Å². The molecule has 0 radical (unpaired) electrons. The summed E-state index contributed by atoms with van der Waals surface area (Å²) in [6, 6.07) is 5.72. The van der Waals surface area contributed by atoms with Gasteiger partial charge in [0.05, 0.1) is 6.61 Å². The van der Waals surface area contributed by atoms with Crippen molar-refractivity contribution in [3.05, 3.63) is 34.9 Å². The molecule has 0 fully saturated rings. The molecule has 0 bridgehead atoms. The molecule has 0 saturated heterocycles. The van der Waals surface area contributed by atoms with Gasteiger partial charge in [-0.15, -0.1) is 0 Å². The zero-order valence-corrected chi connectivity index (χ0v) is 13.7. The normalized spacial score (nSPS) is 11.4. The minimum atomic E-state index is -0.0492. The van der Waals surface area contributed by atoms with Crippen LogP contribution in [0.2, 0.25) is 0 Å². The first-order chi connectivity index (χ1) is 10.1. The van der Waals surface area contributed by atoms with Gasteiger partial charge in [0.15, 0.2) is 0 Å². The molecule has 0 heterocycles. The summed E-state index contributed by atoms with van der Waals surface area (Å²) in [7, 11) is 0. The number of carbonyl (C=O) groups excluding carboxylic acids is 1. The van der Waals surface area contributed by atoms with Crippen molar-refractivity contribution in [2.75, 3.05) is 18.6 Å². The molecule has 1 atom stereocenters. The number of hydrogen-bond donors (Lipinski definition) is 2. The van der Waals surface area contributed by atoms with Gasteiger partial charge in [0.1, 0.15) is 0 Å². The van der Waals surface area contributed by atoms with Gasteiger partial charge in [-0.25, -0.2) is 0 Å². The topological polar surface area (TPSA) is 49.3 Å². The third-order valence-corrected chi connectivity index (χ3v) is 3.81. The first-order valence-electron chi connectivity index (χ1n) is 7.09. The Bertz CT molecular complexity index is 531. The highest BCUT2D eigenvalue weighted by molar-refractivity contribution is 7.98. The highest BCUT2D eigenvalue weighted by atomic mass is 32.2. The van der Waals surface area contributed by atoms with Crippen molar-refractivity contribution in [3.63, 3.8) is 0 Å². The molecule has 0 aliphatic carbocycles. The Kier molecular flexibility index (Phi) is 7.96. The van der Waals surface area contributed by atoms with Gasteiger partial charge < -0.3 is 10.4 Å². The lowest BCUT2D eigenvalue weighted by Crippen LogP contribution is -2.33. The third kappa shape index (κ3) is 5.82. The molecule has 2 N–H and O–H groups in total. The van der Waals surface area contributed by atoms with Crippen molar-refractivity contribution < 1.29 is 9.90 Å². The second-order valence-electron chi connectivity index (χ2n) is 4.91. The molecule has 21 heavy (non-hydrogen) atoms. The highest BCUT2D eigenvalue weighted by Crippen LogP contribution is 2.13. The molecule has 0 aliphatic heterocycles. The van der Waals surface area contributed by atoms with Crippen LogP contribution >= 0.6 is 11.8 Å². The second-order valence-corrected chi connectivity index (χ2v) is 5.90. The number of amides is 1. The van der Waals surface area contributed by atoms with Crippen molar-refractivity contribution >= 4 is 17.7 Å². The minimum Gasteiger partial charge on any atom is -0.395 e. The van der Waals surface area contributed by atoms with Crippen LogP contribution in [-0.4, -0.2) is 35.7 Å². The molecule has 0 aromatic heterocycles. The summed E-state index contributed by atoms with van der Waals surface area (Å²) >= 11 is 1.78. The van der Waals surface area contributed by atoms with Crippen LogP contribution in [0.25, 0.3) is 0 Å². The van der Waals surface area contributed by atoms with E-state index in [4.69, 9.17) is 5.11 Å². The Balaban J connectivity index is 2.81. The first-order valence-corrected chi connectivity index (χ1v) is 8.48. The Morgan fingerprint density at radius 2 is 2.24 bits per heavy atom. The van der Waals surface area contributed by atoms with E-state index in [1.54, 1.807) is 11.8 Å². The Morgan fingerprint density at radius 1 is 1.48 bits per heavy atom. The highest BCUT2D eigenvalue weighted by Gasteiger charge is 2.13. The van der Waals surface area contributed by atoms with Crippen molar-refractivity contribution in [3.8, 4) is 11.8 Å². The van der Waals surface area contributed by atoms with Gasteiger partial charge in [0.2, 0.25) is 0 Å². The average molecular weight is 305 g/mol. The van der Waals surface area contributed by atoms with Crippen LogP contribution in [0, 0.1) is 18.8 Å². The number of hydrogen-bond acceptors (Lipinski definition) is 3. The van der Waals surface area contributed by atoms with E-state index >= 15 is 0 Å². The van der Waals surface area contributed by atoms with Crippen molar-refractivity contribution in [1.29, 1.82) is 0 Å². The van der Waals surface area contributed by atoms with Gasteiger partial charge in [-0.1, -0.05) is 17.9 Å². The molecule has 1 amide bonds. The van der Waals surface area contributed by atoms with Crippen LogP contribution in [-0.2, 0) is 0 Å². The Labute approximate surface area is 131 Å². The predicted octanol–water partition coefficient (Wildman–Crippen LogP) is 2.60. The summed E-state index contributed by atoms with van der Waals surface area (Å²) in [5.74, 6) is 6.88. The lowest BCUT2D eigenvalue weighted by Gasteiger charge is -2.14. The maximum atomic E-state index is 12.3. The number of carbonyl (C=O) groups is 1. The zero-order valence-electron chi connectivity index (χ0n) is 12.9. The van der Waals surface area contributed by atoms with Crippen molar-refractivity contribution in [2.45, 2.75) is 32.7 Å². The number of thioether (sulfide) groups is 1. The van der Waals surface area contributed by atoms with Crippen LogP contribution in [0.4, 0.5) is 0 Å². The average Bonchev–Trinajstić information content (AvgIpc) is 2.47. The fourth-order valence-corrected chi connectivity index (χ4v) is 2.49. The molecule has 114 valence electrons.